The molecular formula is C28H27ClFN3O4S. The summed E-state index contributed by atoms with van der Waals surface area (Å²) in [5.41, 5.74) is 2.33. The summed E-state index contributed by atoms with van der Waals surface area (Å²) in [6.45, 7) is 0.336. The van der Waals surface area contributed by atoms with E-state index in [0.717, 1.165) is 18.9 Å². The zero-order valence-electron chi connectivity index (χ0n) is 20.5. The zero-order chi connectivity index (χ0) is 27.3. The summed E-state index contributed by atoms with van der Waals surface area (Å²) in [6.07, 6.45) is 2.13. The van der Waals surface area contributed by atoms with Crippen LogP contribution in [-0.4, -0.2) is 29.5 Å². The Bertz CT molecular complexity index is 1290. The number of esters is 1. The summed E-state index contributed by atoms with van der Waals surface area (Å²) in [5.74, 6) is -1.70. The van der Waals surface area contributed by atoms with Gasteiger partial charge in [-0.1, -0.05) is 48.0 Å². The van der Waals surface area contributed by atoms with Gasteiger partial charge in [-0.2, -0.15) is 0 Å². The Kier molecular flexibility index (Phi) is 11.2. The van der Waals surface area contributed by atoms with Crippen LogP contribution < -0.4 is 16.0 Å². The molecule has 38 heavy (non-hydrogen) atoms. The molecule has 0 saturated heterocycles. The Hall–Kier alpha value is -3.82. The van der Waals surface area contributed by atoms with Crippen LogP contribution in [0, 0.1) is 5.82 Å². The molecular weight excluding hydrogens is 529 g/mol. The number of hydrogen-bond donors (Lipinski definition) is 3. The number of halogens is 2. The van der Waals surface area contributed by atoms with Crippen LogP contribution in [0.1, 0.15) is 41.6 Å². The number of hydrogen-bond acceptors (Lipinski definition) is 5. The zero-order valence-corrected chi connectivity index (χ0v) is 22.0. The van der Waals surface area contributed by atoms with Crippen LogP contribution in [0.3, 0.4) is 0 Å². The van der Waals surface area contributed by atoms with Gasteiger partial charge >= 0.3 is 5.97 Å². The van der Waals surface area contributed by atoms with Crippen molar-refractivity contribution in [2.24, 2.45) is 0 Å². The third-order valence-electron chi connectivity index (χ3n) is 5.31. The molecule has 0 atom stereocenters. The van der Waals surface area contributed by atoms with Crippen LogP contribution in [-0.2, 0) is 20.7 Å². The van der Waals surface area contributed by atoms with Crippen LogP contribution >= 0.6 is 23.8 Å². The highest BCUT2D eigenvalue weighted by atomic mass is 35.5. The third kappa shape index (κ3) is 9.91. The molecule has 7 nitrogen and oxygen atoms in total. The molecule has 10 heteroatoms. The number of rotatable bonds is 11. The second-order valence-electron chi connectivity index (χ2n) is 8.33. The highest BCUT2D eigenvalue weighted by molar-refractivity contribution is 7.80. The van der Waals surface area contributed by atoms with E-state index >= 15 is 0 Å². The molecule has 0 radical (unpaired) electrons. The number of nitrogens with one attached hydrogen (secondary N) is 3. The molecule has 2 amide bonds. The average Bonchev–Trinajstić information content (AvgIpc) is 2.89. The van der Waals surface area contributed by atoms with Gasteiger partial charge in [0.15, 0.2) is 5.11 Å². The summed E-state index contributed by atoms with van der Waals surface area (Å²) in [4.78, 5) is 36.6. The first-order chi connectivity index (χ1) is 18.3. The minimum Gasteiger partial charge on any atom is -0.466 e. The van der Waals surface area contributed by atoms with Gasteiger partial charge in [-0.05, 0) is 73.4 Å². The number of ether oxygens (including phenoxy) is 1. The quantitative estimate of drug-likeness (QED) is 0.155. The molecule has 0 saturated carbocycles. The Morgan fingerprint density at radius 3 is 2.39 bits per heavy atom. The molecule has 0 heterocycles. The lowest BCUT2D eigenvalue weighted by Gasteiger charge is -2.11. The van der Waals surface area contributed by atoms with Crippen molar-refractivity contribution < 1.29 is 23.5 Å². The number of carbonyl (C=O) groups excluding carboxylic acids is 3. The Balaban J connectivity index is 1.35. The Labute approximate surface area is 230 Å². The van der Waals surface area contributed by atoms with Gasteiger partial charge in [0.05, 0.1) is 11.6 Å². The van der Waals surface area contributed by atoms with Crippen molar-refractivity contribution in [1.82, 2.24) is 5.32 Å². The fraction of sp³-hybridized carbons (Fsp3) is 0.214. The van der Waals surface area contributed by atoms with Gasteiger partial charge in [-0.3, -0.25) is 14.4 Å². The predicted molar refractivity (Wildman–Crippen MR) is 150 cm³/mol. The normalized spacial score (nSPS) is 10.4. The molecule has 3 N–H and O–H groups in total. The molecule has 0 fully saturated rings. The van der Waals surface area contributed by atoms with Gasteiger partial charge in [0.2, 0.25) is 5.91 Å². The van der Waals surface area contributed by atoms with Crippen molar-refractivity contribution in [3.05, 3.63) is 94.8 Å². The van der Waals surface area contributed by atoms with Crippen molar-refractivity contribution in [3.63, 3.8) is 0 Å². The number of benzene rings is 3. The summed E-state index contributed by atoms with van der Waals surface area (Å²) < 4.78 is 18.5. The Morgan fingerprint density at radius 2 is 1.63 bits per heavy atom. The smallest absolute Gasteiger partial charge is 0.305 e. The molecule has 3 aromatic carbocycles. The predicted octanol–water partition coefficient (Wildman–Crippen LogP) is 5.89. The molecule has 0 unspecified atom stereocenters. The standard InChI is InChI=1S/C28H27ClFN3O4S/c29-23-18-22(14-15-24(23)30)31-27(36)20-10-4-11-21(17-20)32-28(38)33-25(34)12-5-13-26(35)37-16-6-9-19-7-2-1-3-8-19/h1-4,7-8,10-11,14-15,17-18H,5-6,9,12-13,16H2,(H,31,36)(H2,32,33,34,38). The van der Waals surface area contributed by atoms with Crippen molar-refractivity contribution in [3.8, 4) is 0 Å². The van der Waals surface area contributed by atoms with Crippen LogP contribution in [0.15, 0.2) is 72.8 Å². The van der Waals surface area contributed by atoms with E-state index in [1.54, 1.807) is 24.3 Å². The SMILES string of the molecule is O=C(CCCC(=O)OCCCc1ccccc1)NC(=S)Nc1cccc(C(=O)Nc2ccc(F)c(Cl)c2)c1. The molecule has 0 aliphatic carbocycles. The second kappa shape index (κ2) is 14.8. The minimum absolute atomic E-state index is 0.0568. The van der Waals surface area contributed by atoms with Gasteiger partial charge in [0.25, 0.3) is 5.91 Å². The fourth-order valence-corrected chi connectivity index (χ4v) is 3.85. The summed E-state index contributed by atoms with van der Waals surface area (Å²) in [7, 11) is 0. The minimum atomic E-state index is -0.583. The summed E-state index contributed by atoms with van der Waals surface area (Å²) in [6, 6.07) is 20.3. The van der Waals surface area contributed by atoms with E-state index in [4.69, 9.17) is 28.6 Å². The Morgan fingerprint density at radius 1 is 0.868 bits per heavy atom. The van der Waals surface area contributed by atoms with Crippen LogP contribution in [0.25, 0.3) is 0 Å². The van der Waals surface area contributed by atoms with Crippen molar-refractivity contribution in [2.75, 3.05) is 17.2 Å². The van der Waals surface area contributed by atoms with Gasteiger partial charge in [0.1, 0.15) is 5.82 Å². The molecule has 3 aromatic rings. The lowest BCUT2D eigenvalue weighted by atomic mass is 10.1. The lowest BCUT2D eigenvalue weighted by Crippen LogP contribution is -2.34. The first-order valence-corrected chi connectivity index (χ1v) is 12.8. The highest BCUT2D eigenvalue weighted by Crippen LogP contribution is 2.20. The van der Waals surface area contributed by atoms with Gasteiger partial charge < -0.3 is 20.7 Å². The van der Waals surface area contributed by atoms with Gasteiger partial charge in [-0.15, -0.1) is 0 Å². The summed E-state index contributed by atoms with van der Waals surface area (Å²) in [5, 5.41) is 8.00. The van der Waals surface area contributed by atoms with E-state index in [0.29, 0.717) is 30.0 Å². The molecule has 0 spiro atoms. The third-order valence-corrected chi connectivity index (χ3v) is 5.81. The molecule has 0 aliphatic rings. The maximum atomic E-state index is 13.3. The average molecular weight is 556 g/mol. The summed E-state index contributed by atoms with van der Waals surface area (Å²) >= 11 is 10.9. The maximum Gasteiger partial charge on any atom is 0.305 e. The molecule has 198 valence electrons. The lowest BCUT2D eigenvalue weighted by molar-refractivity contribution is -0.143. The van der Waals surface area contributed by atoms with Crippen molar-refractivity contribution in [2.45, 2.75) is 32.1 Å². The monoisotopic (exact) mass is 555 g/mol. The van der Waals surface area contributed by atoms with Crippen molar-refractivity contribution in [1.29, 1.82) is 0 Å². The van der Waals surface area contributed by atoms with Crippen LogP contribution in [0.5, 0.6) is 0 Å². The highest BCUT2D eigenvalue weighted by Gasteiger charge is 2.11. The largest absolute Gasteiger partial charge is 0.466 e. The van der Waals surface area contributed by atoms with Gasteiger partial charge in [-0.25, -0.2) is 4.39 Å². The number of amides is 2. The van der Waals surface area contributed by atoms with Gasteiger partial charge in [0, 0.05) is 29.8 Å². The van der Waals surface area contributed by atoms with E-state index in [9.17, 15) is 18.8 Å². The van der Waals surface area contributed by atoms with E-state index < -0.39 is 11.7 Å². The molecule has 0 bridgehead atoms. The topological polar surface area (TPSA) is 96.5 Å². The number of carbonyl (C=O) groups is 3. The number of aryl methyl sites for hydroxylation is 1. The molecule has 0 aliphatic heterocycles. The fourth-order valence-electron chi connectivity index (χ4n) is 3.44. The van der Waals surface area contributed by atoms with Crippen LogP contribution in [0.4, 0.5) is 15.8 Å². The first-order valence-electron chi connectivity index (χ1n) is 12.0. The second-order valence-corrected chi connectivity index (χ2v) is 9.14. The maximum absolute atomic E-state index is 13.3. The van der Waals surface area contributed by atoms with E-state index in [2.05, 4.69) is 16.0 Å². The molecule has 3 rings (SSSR count). The molecule has 0 aromatic heterocycles. The number of anilines is 2. The first kappa shape index (κ1) is 28.7. The van der Waals surface area contributed by atoms with Crippen LogP contribution in [0.2, 0.25) is 5.02 Å². The van der Waals surface area contributed by atoms with E-state index in [1.165, 1.54) is 17.7 Å². The number of thiocarbonyl (C=S) groups is 1. The van der Waals surface area contributed by atoms with E-state index in [-0.39, 0.29) is 34.9 Å². The van der Waals surface area contributed by atoms with E-state index in [1.807, 2.05) is 30.3 Å². The van der Waals surface area contributed by atoms with Crippen molar-refractivity contribution >= 4 is 58.1 Å².